The summed E-state index contributed by atoms with van der Waals surface area (Å²) in [4.78, 5) is 22.5. The normalized spacial score (nSPS) is 15.4. The van der Waals surface area contributed by atoms with Gasteiger partial charge in [-0.3, -0.25) is 9.69 Å². The van der Waals surface area contributed by atoms with Crippen LogP contribution in [0.5, 0.6) is 0 Å². The number of aromatic amines is 1. The lowest BCUT2D eigenvalue weighted by Crippen LogP contribution is -2.35. The standard InChI is InChI=1S/C27H30N4O/c1-2-26(32)21-10-11-24-25(16-21)30-27(29-24)28-17-19-12-14-31(15-13-19)18-22-8-5-7-20-6-3-4-9-23(20)22/h3-11,16,19H,2,12-15,17-18H2,1H3,(H2,28,29,30). The topological polar surface area (TPSA) is 61.0 Å². The molecule has 0 atom stereocenters. The van der Waals surface area contributed by atoms with E-state index in [1.165, 1.54) is 29.2 Å². The minimum Gasteiger partial charge on any atom is -0.356 e. The number of rotatable bonds is 7. The number of imidazole rings is 1. The Balaban J connectivity index is 1.15. The number of benzene rings is 3. The number of hydrogen-bond acceptors (Lipinski definition) is 4. The van der Waals surface area contributed by atoms with Crippen LogP contribution in [-0.4, -0.2) is 40.3 Å². The summed E-state index contributed by atoms with van der Waals surface area (Å²) in [6.45, 7) is 6.07. The average Bonchev–Trinajstić information content (AvgIpc) is 3.25. The molecule has 3 aromatic carbocycles. The zero-order valence-corrected chi connectivity index (χ0v) is 18.6. The largest absolute Gasteiger partial charge is 0.356 e. The number of Topliss-reactive ketones (excluding diaryl/α,β-unsaturated/α-hetero) is 1. The van der Waals surface area contributed by atoms with Gasteiger partial charge in [-0.2, -0.15) is 0 Å². The molecule has 4 aromatic rings. The van der Waals surface area contributed by atoms with Gasteiger partial charge in [0.1, 0.15) is 0 Å². The van der Waals surface area contributed by atoms with Gasteiger partial charge >= 0.3 is 0 Å². The van der Waals surface area contributed by atoms with Gasteiger partial charge in [0, 0.05) is 25.1 Å². The molecule has 1 aromatic heterocycles. The molecule has 0 spiro atoms. The molecular formula is C27H30N4O. The van der Waals surface area contributed by atoms with E-state index in [9.17, 15) is 4.79 Å². The minimum atomic E-state index is 0.152. The zero-order chi connectivity index (χ0) is 21.9. The molecule has 1 aliphatic rings. The monoisotopic (exact) mass is 426 g/mol. The first-order valence-electron chi connectivity index (χ1n) is 11.7. The Kier molecular flexibility index (Phi) is 5.91. The van der Waals surface area contributed by atoms with E-state index >= 15 is 0 Å². The molecule has 32 heavy (non-hydrogen) atoms. The number of ketones is 1. The van der Waals surface area contributed by atoms with Gasteiger partial charge in [-0.15, -0.1) is 0 Å². The molecule has 5 nitrogen and oxygen atoms in total. The van der Waals surface area contributed by atoms with Gasteiger partial charge in [0.05, 0.1) is 11.0 Å². The molecule has 164 valence electrons. The van der Waals surface area contributed by atoms with Gasteiger partial charge in [-0.1, -0.05) is 49.4 Å². The lowest BCUT2D eigenvalue weighted by molar-refractivity contribution is 0.0988. The maximum Gasteiger partial charge on any atom is 0.201 e. The fraction of sp³-hybridized carbons (Fsp3) is 0.333. The molecule has 0 saturated carbocycles. The molecule has 0 bridgehead atoms. The summed E-state index contributed by atoms with van der Waals surface area (Å²) in [7, 11) is 0. The van der Waals surface area contributed by atoms with Crippen LogP contribution in [0.15, 0.2) is 60.7 Å². The van der Waals surface area contributed by atoms with E-state index in [0.717, 1.165) is 48.7 Å². The summed E-state index contributed by atoms with van der Waals surface area (Å²) in [5.41, 5.74) is 3.96. The Morgan fingerprint density at radius 3 is 2.75 bits per heavy atom. The molecule has 1 saturated heterocycles. The van der Waals surface area contributed by atoms with Crippen molar-refractivity contribution in [2.45, 2.75) is 32.7 Å². The van der Waals surface area contributed by atoms with Crippen molar-refractivity contribution in [2.24, 2.45) is 5.92 Å². The second kappa shape index (κ2) is 9.13. The van der Waals surface area contributed by atoms with Crippen LogP contribution in [0.1, 0.15) is 42.1 Å². The van der Waals surface area contributed by atoms with Crippen molar-refractivity contribution in [3.05, 3.63) is 71.8 Å². The minimum absolute atomic E-state index is 0.152. The molecule has 5 rings (SSSR count). The van der Waals surface area contributed by atoms with E-state index < -0.39 is 0 Å². The Morgan fingerprint density at radius 1 is 1.09 bits per heavy atom. The number of carbonyl (C=O) groups is 1. The average molecular weight is 427 g/mol. The highest BCUT2D eigenvalue weighted by Crippen LogP contribution is 2.24. The molecule has 5 heteroatoms. The molecule has 2 heterocycles. The van der Waals surface area contributed by atoms with Gasteiger partial charge in [-0.05, 0) is 66.4 Å². The smallest absolute Gasteiger partial charge is 0.201 e. The SMILES string of the molecule is CCC(=O)c1ccc2[nH]c(NCC3CCN(Cc4cccc5ccccc45)CC3)nc2c1. The van der Waals surface area contributed by atoms with Crippen LogP contribution in [0, 0.1) is 5.92 Å². The van der Waals surface area contributed by atoms with Crippen LogP contribution in [0.25, 0.3) is 21.8 Å². The number of nitrogens with zero attached hydrogens (tertiary/aromatic N) is 2. The summed E-state index contributed by atoms with van der Waals surface area (Å²) >= 11 is 0. The first-order chi connectivity index (χ1) is 15.7. The molecule has 0 unspecified atom stereocenters. The van der Waals surface area contributed by atoms with Gasteiger partial charge < -0.3 is 10.3 Å². The molecule has 0 radical (unpaired) electrons. The Labute approximate surface area is 188 Å². The van der Waals surface area contributed by atoms with Crippen LogP contribution >= 0.6 is 0 Å². The maximum absolute atomic E-state index is 11.9. The summed E-state index contributed by atoms with van der Waals surface area (Å²) in [5.74, 6) is 1.59. The highest BCUT2D eigenvalue weighted by molar-refractivity contribution is 5.98. The summed E-state index contributed by atoms with van der Waals surface area (Å²) < 4.78 is 0. The van der Waals surface area contributed by atoms with Gasteiger partial charge in [0.15, 0.2) is 5.78 Å². The van der Waals surface area contributed by atoms with Crippen LogP contribution in [0.3, 0.4) is 0 Å². The van der Waals surface area contributed by atoms with Crippen molar-refractivity contribution in [3.63, 3.8) is 0 Å². The Bertz CT molecular complexity index is 1230. The second-order valence-corrected chi connectivity index (χ2v) is 8.83. The molecule has 2 N–H and O–H groups in total. The maximum atomic E-state index is 11.9. The van der Waals surface area contributed by atoms with Crippen molar-refractivity contribution in [2.75, 3.05) is 25.0 Å². The van der Waals surface area contributed by atoms with Crippen LogP contribution in [0.2, 0.25) is 0 Å². The third-order valence-corrected chi connectivity index (χ3v) is 6.67. The number of H-pyrrole nitrogens is 1. The molecule has 0 aliphatic carbocycles. The Morgan fingerprint density at radius 2 is 1.91 bits per heavy atom. The van der Waals surface area contributed by atoms with E-state index in [4.69, 9.17) is 0 Å². The predicted octanol–water partition coefficient (Wildman–Crippen LogP) is 5.63. The van der Waals surface area contributed by atoms with Gasteiger partial charge in [0.25, 0.3) is 0 Å². The third-order valence-electron chi connectivity index (χ3n) is 6.67. The molecule has 0 amide bonds. The van der Waals surface area contributed by atoms with Crippen LogP contribution in [0.4, 0.5) is 5.95 Å². The van der Waals surface area contributed by atoms with E-state index in [-0.39, 0.29) is 5.78 Å². The van der Waals surface area contributed by atoms with Crippen molar-refractivity contribution >= 4 is 33.5 Å². The highest BCUT2D eigenvalue weighted by atomic mass is 16.1. The van der Waals surface area contributed by atoms with Crippen LogP contribution in [-0.2, 0) is 6.54 Å². The van der Waals surface area contributed by atoms with Crippen molar-refractivity contribution in [3.8, 4) is 0 Å². The van der Waals surface area contributed by atoms with Gasteiger partial charge in [-0.25, -0.2) is 4.98 Å². The quantitative estimate of drug-likeness (QED) is 0.376. The molecule has 1 aliphatic heterocycles. The van der Waals surface area contributed by atoms with Crippen molar-refractivity contribution < 1.29 is 4.79 Å². The van der Waals surface area contributed by atoms with Crippen molar-refractivity contribution in [1.29, 1.82) is 0 Å². The van der Waals surface area contributed by atoms with E-state index in [0.29, 0.717) is 12.3 Å². The van der Waals surface area contributed by atoms with Gasteiger partial charge in [0.2, 0.25) is 5.95 Å². The highest BCUT2D eigenvalue weighted by Gasteiger charge is 2.20. The number of likely N-dealkylation sites (tertiary alicyclic amines) is 1. The number of aromatic nitrogens is 2. The summed E-state index contributed by atoms with van der Waals surface area (Å²) in [5, 5.41) is 6.17. The Hall–Kier alpha value is -3.18. The van der Waals surface area contributed by atoms with E-state index in [1.807, 2.05) is 25.1 Å². The predicted molar refractivity (Wildman–Crippen MR) is 131 cm³/mol. The number of fused-ring (bicyclic) bond motifs is 2. The van der Waals surface area contributed by atoms with E-state index in [1.54, 1.807) is 0 Å². The lowest BCUT2D eigenvalue weighted by Gasteiger charge is -2.32. The van der Waals surface area contributed by atoms with E-state index in [2.05, 4.69) is 62.6 Å². The van der Waals surface area contributed by atoms with Crippen LogP contribution < -0.4 is 5.32 Å². The number of nitrogens with one attached hydrogen (secondary N) is 2. The zero-order valence-electron chi connectivity index (χ0n) is 18.6. The lowest BCUT2D eigenvalue weighted by atomic mass is 9.96. The molecular weight excluding hydrogens is 396 g/mol. The second-order valence-electron chi connectivity index (χ2n) is 8.83. The van der Waals surface area contributed by atoms with Crippen molar-refractivity contribution in [1.82, 2.24) is 14.9 Å². The fourth-order valence-corrected chi connectivity index (χ4v) is 4.73. The summed E-state index contributed by atoms with van der Waals surface area (Å²) in [6.07, 6.45) is 2.89. The fourth-order valence-electron chi connectivity index (χ4n) is 4.73. The number of hydrogen-bond donors (Lipinski definition) is 2. The summed E-state index contributed by atoms with van der Waals surface area (Å²) in [6, 6.07) is 21.0. The number of carbonyl (C=O) groups excluding carboxylic acids is 1. The number of piperidine rings is 1. The third kappa shape index (κ3) is 4.39. The first-order valence-corrected chi connectivity index (χ1v) is 11.7. The first kappa shape index (κ1) is 20.7. The molecule has 1 fully saturated rings. The number of anilines is 1.